The molecular formula is C18H15ClFNO. The van der Waals surface area contributed by atoms with Crippen molar-refractivity contribution in [3.63, 3.8) is 0 Å². The molecule has 4 heteroatoms. The molecule has 3 rings (SSSR count). The van der Waals surface area contributed by atoms with E-state index in [2.05, 4.69) is 6.07 Å². The van der Waals surface area contributed by atoms with Crippen LogP contribution in [-0.2, 0) is 16.9 Å². The minimum absolute atomic E-state index is 0.269. The van der Waals surface area contributed by atoms with Gasteiger partial charge < -0.3 is 4.74 Å². The first kappa shape index (κ1) is 15.0. The van der Waals surface area contributed by atoms with Gasteiger partial charge in [0.1, 0.15) is 11.4 Å². The number of nitriles is 1. The van der Waals surface area contributed by atoms with Crippen LogP contribution in [0.3, 0.4) is 0 Å². The van der Waals surface area contributed by atoms with Crippen LogP contribution < -0.4 is 0 Å². The monoisotopic (exact) mass is 315 g/mol. The van der Waals surface area contributed by atoms with Crippen molar-refractivity contribution in [2.45, 2.75) is 25.0 Å². The maximum Gasteiger partial charge on any atom is 0.123 e. The molecule has 112 valence electrons. The smallest absolute Gasteiger partial charge is 0.123 e. The van der Waals surface area contributed by atoms with Gasteiger partial charge in [0.15, 0.2) is 0 Å². The van der Waals surface area contributed by atoms with Gasteiger partial charge in [-0.25, -0.2) is 4.39 Å². The first-order valence-corrected chi connectivity index (χ1v) is 7.72. The van der Waals surface area contributed by atoms with Crippen LogP contribution in [0.1, 0.15) is 35.1 Å². The maximum atomic E-state index is 13.2. The highest BCUT2D eigenvalue weighted by Crippen LogP contribution is 2.45. The van der Waals surface area contributed by atoms with E-state index in [-0.39, 0.29) is 5.82 Å². The average molecular weight is 316 g/mol. The van der Waals surface area contributed by atoms with E-state index in [0.717, 1.165) is 29.5 Å². The Hall–Kier alpha value is -1.89. The molecule has 0 saturated carbocycles. The van der Waals surface area contributed by atoms with Gasteiger partial charge in [-0.05, 0) is 53.8 Å². The molecule has 0 unspecified atom stereocenters. The predicted octanol–water partition coefficient (Wildman–Crippen LogP) is 4.49. The second-order valence-corrected chi connectivity index (χ2v) is 5.78. The number of nitrogens with zero attached hydrogens (tertiary/aromatic N) is 1. The van der Waals surface area contributed by atoms with Gasteiger partial charge in [-0.15, -0.1) is 11.6 Å². The predicted molar refractivity (Wildman–Crippen MR) is 83.1 cm³/mol. The van der Waals surface area contributed by atoms with Crippen LogP contribution in [0, 0.1) is 17.1 Å². The van der Waals surface area contributed by atoms with Gasteiger partial charge in [-0.1, -0.05) is 18.2 Å². The molecule has 22 heavy (non-hydrogen) atoms. The van der Waals surface area contributed by atoms with Crippen LogP contribution in [0.2, 0.25) is 0 Å². The molecule has 1 aliphatic heterocycles. The van der Waals surface area contributed by atoms with Crippen molar-refractivity contribution in [2.24, 2.45) is 0 Å². The van der Waals surface area contributed by atoms with Crippen molar-refractivity contribution in [2.75, 3.05) is 5.88 Å². The summed E-state index contributed by atoms with van der Waals surface area (Å²) in [5.41, 5.74) is 2.99. The van der Waals surface area contributed by atoms with E-state index >= 15 is 0 Å². The van der Waals surface area contributed by atoms with Gasteiger partial charge in [0.05, 0.1) is 18.2 Å². The molecule has 1 atom stereocenters. The van der Waals surface area contributed by atoms with Gasteiger partial charge in [0, 0.05) is 5.88 Å². The van der Waals surface area contributed by atoms with Gasteiger partial charge >= 0.3 is 0 Å². The summed E-state index contributed by atoms with van der Waals surface area (Å²) in [4.78, 5) is 0. The third kappa shape index (κ3) is 2.49. The highest BCUT2D eigenvalue weighted by atomic mass is 35.5. The van der Waals surface area contributed by atoms with Crippen molar-refractivity contribution in [1.29, 1.82) is 5.26 Å². The lowest BCUT2D eigenvalue weighted by Gasteiger charge is -2.30. The third-order valence-corrected chi connectivity index (χ3v) is 4.38. The topological polar surface area (TPSA) is 33.0 Å². The summed E-state index contributed by atoms with van der Waals surface area (Å²) in [6.45, 7) is 0.449. The van der Waals surface area contributed by atoms with Gasteiger partial charge in [-0.2, -0.15) is 5.26 Å². The number of hydrogen-bond acceptors (Lipinski definition) is 2. The molecule has 0 saturated heterocycles. The number of hydrogen-bond donors (Lipinski definition) is 0. The molecule has 0 bridgehead atoms. The zero-order valence-electron chi connectivity index (χ0n) is 12.0. The van der Waals surface area contributed by atoms with Crippen LogP contribution in [0.5, 0.6) is 0 Å². The number of halogens is 2. The summed E-state index contributed by atoms with van der Waals surface area (Å²) in [6, 6.07) is 14.2. The fourth-order valence-electron chi connectivity index (χ4n) is 3.08. The van der Waals surface area contributed by atoms with E-state index in [1.807, 2.05) is 12.1 Å². The quantitative estimate of drug-likeness (QED) is 0.779. The molecule has 2 nitrogen and oxygen atoms in total. The zero-order valence-corrected chi connectivity index (χ0v) is 12.7. The van der Waals surface area contributed by atoms with E-state index in [1.54, 1.807) is 18.2 Å². The Labute approximate surface area is 134 Å². The Balaban J connectivity index is 2.10. The number of rotatable bonds is 4. The Morgan fingerprint density at radius 3 is 2.68 bits per heavy atom. The summed E-state index contributed by atoms with van der Waals surface area (Å²) in [5.74, 6) is 0.270. The summed E-state index contributed by atoms with van der Waals surface area (Å²) in [5, 5.41) is 9.04. The molecule has 1 heterocycles. The lowest BCUT2D eigenvalue weighted by molar-refractivity contribution is -0.0120. The van der Waals surface area contributed by atoms with Crippen molar-refractivity contribution in [3.05, 3.63) is 70.5 Å². The Morgan fingerprint density at radius 1 is 1.23 bits per heavy atom. The van der Waals surface area contributed by atoms with E-state index in [0.29, 0.717) is 18.1 Å². The molecule has 2 aromatic rings. The normalized spacial score (nSPS) is 19.7. The minimum atomic E-state index is -0.605. The van der Waals surface area contributed by atoms with Crippen molar-refractivity contribution in [3.8, 4) is 6.07 Å². The number of alkyl halides is 1. The SMILES string of the molecule is N#Cc1ccc2c(c1)CO[C@@]2(CCCCl)c1ccc(F)cc1. The zero-order chi connectivity index (χ0) is 15.6. The minimum Gasteiger partial charge on any atom is -0.361 e. The molecular weight excluding hydrogens is 301 g/mol. The summed E-state index contributed by atoms with van der Waals surface area (Å²) < 4.78 is 19.4. The van der Waals surface area contributed by atoms with Crippen LogP contribution in [-0.4, -0.2) is 5.88 Å². The van der Waals surface area contributed by atoms with Crippen LogP contribution in [0.25, 0.3) is 0 Å². The Kier molecular flexibility index (Phi) is 4.15. The lowest BCUT2D eigenvalue weighted by Crippen LogP contribution is -2.27. The Bertz CT molecular complexity index is 723. The van der Waals surface area contributed by atoms with Crippen LogP contribution in [0.15, 0.2) is 42.5 Å². The molecule has 1 aliphatic rings. The fraction of sp³-hybridized carbons (Fsp3) is 0.278. The highest BCUT2D eigenvalue weighted by molar-refractivity contribution is 6.17. The van der Waals surface area contributed by atoms with Crippen LogP contribution in [0.4, 0.5) is 4.39 Å². The van der Waals surface area contributed by atoms with Crippen molar-refractivity contribution in [1.82, 2.24) is 0 Å². The number of ether oxygens (including phenoxy) is 1. The highest BCUT2D eigenvalue weighted by Gasteiger charge is 2.41. The average Bonchev–Trinajstić information content (AvgIpc) is 2.92. The molecule has 0 fully saturated rings. The second kappa shape index (κ2) is 6.08. The van der Waals surface area contributed by atoms with Crippen LogP contribution >= 0.6 is 11.6 Å². The van der Waals surface area contributed by atoms with E-state index in [1.165, 1.54) is 12.1 Å². The molecule has 0 amide bonds. The molecule has 0 spiro atoms. The molecule has 0 aliphatic carbocycles. The maximum absolute atomic E-state index is 13.2. The van der Waals surface area contributed by atoms with Gasteiger partial charge in [0.25, 0.3) is 0 Å². The molecule has 0 radical (unpaired) electrons. The van der Waals surface area contributed by atoms with Crippen molar-refractivity contribution < 1.29 is 9.13 Å². The standard InChI is InChI=1S/C18H15ClFNO/c19-9-1-8-18(15-3-5-16(20)6-4-15)17-7-2-13(11-21)10-14(17)12-22-18/h2-7,10H,1,8-9,12H2/t18-/m0/s1. The van der Waals surface area contributed by atoms with Crippen molar-refractivity contribution >= 4 is 11.6 Å². The molecule has 0 N–H and O–H groups in total. The number of fused-ring (bicyclic) bond motifs is 1. The van der Waals surface area contributed by atoms with E-state index in [4.69, 9.17) is 21.6 Å². The first-order chi connectivity index (χ1) is 10.7. The van der Waals surface area contributed by atoms with Gasteiger partial charge in [0.2, 0.25) is 0 Å². The first-order valence-electron chi connectivity index (χ1n) is 7.19. The summed E-state index contributed by atoms with van der Waals surface area (Å²) in [7, 11) is 0. The van der Waals surface area contributed by atoms with E-state index in [9.17, 15) is 4.39 Å². The largest absolute Gasteiger partial charge is 0.361 e. The Morgan fingerprint density at radius 2 is 2.00 bits per heavy atom. The third-order valence-electron chi connectivity index (χ3n) is 4.12. The van der Waals surface area contributed by atoms with E-state index < -0.39 is 5.60 Å². The lowest BCUT2D eigenvalue weighted by atomic mass is 9.82. The molecule has 0 aromatic heterocycles. The fourth-order valence-corrected chi connectivity index (χ4v) is 3.21. The molecule has 2 aromatic carbocycles. The van der Waals surface area contributed by atoms with Gasteiger partial charge in [-0.3, -0.25) is 0 Å². The number of benzene rings is 2. The summed E-state index contributed by atoms with van der Waals surface area (Å²) >= 11 is 5.87. The second-order valence-electron chi connectivity index (χ2n) is 5.40. The summed E-state index contributed by atoms with van der Waals surface area (Å²) in [6.07, 6.45) is 1.51.